The number of rotatable bonds is 11. The molecule has 0 aliphatic rings. The Balaban J connectivity index is 1.95. The van der Waals surface area contributed by atoms with Crippen LogP contribution >= 0.6 is 11.3 Å². The largest absolute Gasteiger partial charge is 0.383 e. The smallest absolute Gasteiger partial charge is 0.279 e. The van der Waals surface area contributed by atoms with Crippen LogP contribution in [0.15, 0.2) is 52.4 Å². The van der Waals surface area contributed by atoms with Gasteiger partial charge in [0.25, 0.3) is 5.91 Å². The second kappa shape index (κ2) is 12.8. The molecule has 0 atom stereocenters. The molecule has 0 radical (unpaired) electrons. The second-order valence-corrected chi connectivity index (χ2v) is 12.9. The normalized spacial score (nSPS) is 12.7. The summed E-state index contributed by atoms with van der Waals surface area (Å²) in [5.41, 5.74) is 1.81. The number of ether oxygens (including phenoxy) is 1. The molecule has 3 aromatic rings. The summed E-state index contributed by atoms with van der Waals surface area (Å²) < 4.78 is 36.1. The van der Waals surface area contributed by atoms with Gasteiger partial charge in [-0.15, -0.1) is 0 Å². The number of amides is 2. The predicted octanol–water partition coefficient (Wildman–Crippen LogP) is 4.35. The number of methoxy groups -OCH3 is 1. The first kappa shape index (κ1) is 29.7. The molecular weight excluding hydrogens is 524 g/mol. The van der Waals surface area contributed by atoms with Crippen molar-refractivity contribution in [2.45, 2.75) is 46.1 Å². The van der Waals surface area contributed by atoms with Crippen LogP contribution in [0.25, 0.3) is 10.2 Å². The number of sulfonamides is 1. The maximum Gasteiger partial charge on any atom is 0.279 e. The van der Waals surface area contributed by atoms with E-state index in [1.807, 2.05) is 44.4 Å². The summed E-state index contributed by atoms with van der Waals surface area (Å²) in [6.07, 6.45) is 0. The van der Waals surface area contributed by atoms with E-state index in [9.17, 15) is 18.0 Å². The standard InChI is InChI=1S/C27H36N4O5S2/c1-18(2)16-30(17-19(3)4)38(34,35)23-10-7-21(8-11-23)26(33)29-27-31(13-14-36-6)24-12-9-22(28-20(5)32)15-25(24)37-27/h7-12,15,18-19H,13-14,16-17H2,1-6H3,(H,28,32). The highest BCUT2D eigenvalue weighted by molar-refractivity contribution is 7.89. The van der Waals surface area contributed by atoms with Crippen molar-refractivity contribution in [2.24, 2.45) is 16.8 Å². The molecule has 0 aliphatic carbocycles. The molecule has 1 aromatic heterocycles. The highest BCUT2D eigenvalue weighted by atomic mass is 32.2. The second-order valence-electron chi connectivity index (χ2n) is 9.94. The summed E-state index contributed by atoms with van der Waals surface area (Å²) in [5.74, 6) is -0.280. The minimum atomic E-state index is -3.69. The molecule has 38 heavy (non-hydrogen) atoms. The molecule has 0 unspecified atom stereocenters. The van der Waals surface area contributed by atoms with E-state index in [1.54, 1.807) is 13.2 Å². The average molecular weight is 561 g/mol. The van der Waals surface area contributed by atoms with Gasteiger partial charge in [0, 0.05) is 44.9 Å². The van der Waals surface area contributed by atoms with Crippen LogP contribution in [-0.4, -0.2) is 55.9 Å². The van der Waals surface area contributed by atoms with E-state index in [4.69, 9.17) is 4.74 Å². The number of nitrogens with zero attached hydrogens (tertiary/aromatic N) is 3. The highest BCUT2D eigenvalue weighted by Gasteiger charge is 2.26. The SMILES string of the molecule is COCCn1c(=NC(=O)c2ccc(S(=O)(=O)N(CC(C)C)CC(C)C)cc2)sc2cc(NC(C)=O)ccc21. The van der Waals surface area contributed by atoms with Crippen LogP contribution in [-0.2, 0) is 26.1 Å². The van der Waals surface area contributed by atoms with Gasteiger partial charge >= 0.3 is 0 Å². The lowest BCUT2D eigenvalue weighted by atomic mass is 10.2. The number of fused-ring (bicyclic) bond motifs is 1. The fourth-order valence-corrected chi connectivity index (χ4v) is 6.85. The van der Waals surface area contributed by atoms with Crippen LogP contribution < -0.4 is 10.1 Å². The van der Waals surface area contributed by atoms with E-state index in [0.717, 1.165) is 10.2 Å². The number of hydrogen-bond acceptors (Lipinski definition) is 6. The van der Waals surface area contributed by atoms with Crippen LogP contribution in [0, 0.1) is 11.8 Å². The minimum absolute atomic E-state index is 0.151. The molecule has 0 spiro atoms. The number of benzene rings is 2. The van der Waals surface area contributed by atoms with E-state index < -0.39 is 15.9 Å². The Morgan fingerprint density at radius 3 is 2.24 bits per heavy atom. The molecule has 1 heterocycles. The van der Waals surface area contributed by atoms with Gasteiger partial charge in [0.2, 0.25) is 15.9 Å². The Kier molecular flexibility index (Phi) is 10.00. The van der Waals surface area contributed by atoms with Gasteiger partial charge in [-0.1, -0.05) is 39.0 Å². The van der Waals surface area contributed by atoms with Gasteiger partial charge in [-0.05, 0) is 54.3 Å². The van der Waals surface area contributed by atoms with Gasteiger partial charge in [0.05, 0.1) is 21.7 Å². The summed E-state index contributed by atoms with van der Waals surface area (Å²) >= 11 is 1.33. The third kappa shape index (κ3) is 7.37. The number of anilines is 1. The zero-order chi connectivity index (χ0) is 28.0. The Bertz CT molecular complexity index is 1440. The molecule has 2 aromatic carbocycles. The minimum Gasteiger partial charge on any atom is -0.383 e. The van der Waals surface area contributed by atoms with E-state index in [2.05, 4.69) is 10.3 Å². The number of aromatic nitrogens is 1. The first-order chi connectivity index (χ1) is 17.9. The fraction of sp³-hybridized carbons (Fsp3) is 0.444. The molecular formula is C27H36N4O5S2. The molecule has 1 N–H and O–H groups in total. The lowest BCUT2D eigenvalue weighted by Crippen LogP contribution is -2.37. The summed E-state index contributed by atoms with van der Waals surface area (Å²) in [4.78, 5) is 29.5. The first-order valence-corrected chi connectivity index (χ1v) is 14.8. The van der Waals surface area contributed by atoms with Crippen molar-refractivity contribution in [2.75, 3.05) is 32.1 Å². The number of hydrogen-bond donors (Lipinski definition) is 1. The van der Waals surface area contributed by atoms with Crippen LogP contribution in [0.5, 0.6) is 0 Å². The molecule has 206 valence electrons. The maximum atomic E-state index is 13.3. The molecule has 11 heteroatoms. The quantitative estimate of drug-likeness (QED) is 0.375. The summed E-state index contributed by atoms with van der Waals surface area (Å²) in [7, 11) is -2.09. The molecule has 9 nitrogen and oxygen atoms in total. The van der Waals surface area contributed by atoms with Crippen molar-refractivity contribution < 1.29 is 22.7 Å². The molecule has 0 saturated heterocycles. The summed E-state index contributed by atoms with van der Waals surface area (Å²) in [5, 5.41) is 2.76. The Hall–Kier alpha value is -2.86. The van der Waals surface area contributed by atoms with E-state index in [-0.39, 0.29) is 28.2 Å². The number of carbonyl (C=O) groups excluding carboxylic acids is 2. The maximum absolute atomic E-state index is 13.3. The van der Waals surface area contributed by atoms with Crippen molar-refractivity contribution in [3.05, 3.63) is 52.8 Å². The third-order valence-corrected chi connectivity index (χ3v) is 8.48. The molecule has 0 saturated carbocycles. The lowest BCUT2D eigenvalue weighted by molar-refractivity contribution is -0.114. The van der Waals surface area contributed by atoms with Gasteiger partial charge in [0.15, 0.2) is 4.80 Å². The zero-order valence-corrected chi connectivity index (χ0v) is 24.4. The highest BCUT2D eigenvalue weighted by Crippen LogP contribution is 2.23. The zero-order valence-electron chi connectivity index (χ0n) is 22.7. The molecule has 0 bridgehead atoms. The lowest BCUT2D eigenvalue weighted by Gasteiger charge is -2.25. The van der Waals surface area contributed by atoms with Crippen molar-refractivity contribution in [3.63, 3.8) is 0 Å². The predicted molar refractivity (Wildman–Crippen MR) is 151 cm³/mol. The molecule has 3 rings (SSSR count). The van der Waals surface area contributed by atoms with E-state index in [0.29, 0.717) is 36.7 Å². The van der Waals surface area contributed by atoms with E-state index >= 15 is 0 Å². The van der Waals surface area contributed by atoms with Crippen LogP contribution in [0.2, 0.25) is 0 Å². The van der Waals surface area contributed by atoms with Gasteiger partial charge in [-0.2, -0.15) is 9.30 Å². The van der Waals surface area contributed by atoms with Crippen LogP contribution in [0.3, 0.4) is 0 Å². The Labute approximate surface area is 228 Å². The Morgan fingerprint density at radius 2 is 1.68 bits per heavy atom. The average Bonchev–Trinajstić information content (AvgIpc) is 3.17. The van der Waals surface area contributed by atoms with Crippen molar-refractivity contribution >= 4 is 49.1 Å². The van der Waals surface area contributed by atoms with Crippen LogP contribution in [0.1, 0.15) is 45.0 Å². The monoisotopic (exact) mass is 560 g/mol. The summed E-state index contributed by atoms with van der Waals surface area (Å²) in [6.45, 7) is 11.1. The van der Waals surface area contributed by atoms with Gasteiger partial charge in [0.1, 0.15) is 0 Å². The van der Waals surface area contributed by atoms with Crippen molar-refractivity contribution in [1.82, 2.24) is 8.87 Å². The van der Waals surface area contributed by atoms with Gasteiger partial charge < -0.3 is 14.6 Å². The first-order valence-electron chi connectivity index (χ1n) is 12.5. The number of nitrogens with one attached hydrogen (secondary N) is 1. The topological polar surface area (TPSA) is 110 Å². The van der Waals surface area contributed by atoms with Crippen molar-refractivity contribution in [1.29, 1.82) is 0 Å². The number of carbonyl (C=O) groups is 2. The number of thiazole rings is 1. The van der Waals surface area contributed by atoms with Crippen molar-refractivity contribution in [3.8, 4) is 0 Å². The third-order valence-electron chi connectivity index (χ3n) is 5.60. The fourth-order valence-electron chi connectivity index (χ4n) is 3.99. The van der Waals surface area contributed by atoms with Gasteiger partial charge in [-0.25, -0.2) is 8.42 Å². The van der Waals surface area contributed by atoms with Gasteiger partial charge in [-0.3, -0.25) is 9.59 Å². The molecule has 0 aliphatic heterocycles. The summed E-state index contributed by atoms with van der Waals surface area (Å²) in [6, 6.07) is 11.5. The molecule has 0 fully saturated rings. The Morgan fingerprint density at radius 1 is 1.05 bits per heavy atom. The van der Waals surface area contributed by atoms with Crippen LogP contribution in [0.4, 0.5) is 5.69 Å². The molecule has 2 amide bonds. The van der Waals surface area contributed by atoms with E-state index in [1.165, 1.54) is 46.8 Å².